The molecule has 0 aliphatic heterocycles. The van der Waals surface area contributed by atoms with Gasteiger partial charge in [0.1, 0.15) is 5.65 Å². The van der Waals surface area contributed by atoms with E-state index in [-0.39, 0.29) is 5.91 Å². The first-order valence-corrected chi connectivity index (χ1v) is 8.52. The SMILES string of the molecule is CC(=O)Nc1cccc(-c2cnc3[nH]cc(-c4ccc(C)cc4)c3c2)c1. The highest BCUT2D eigenvalue weighted by atomic mass is 16.1. The van der Waals surface area contributed by atoms with Gasteiger partial charge in [0, 0.05) is 41.5 Å². The minimum Gasteiger partial charge on any atom is -0.346 e. The number of nitrogens with zero attached hydrogens (tertiary/aromatic N) is 1. The van der Waals surface area contributed by atoms with E-state index in [9.17, 15) is 4.79 Å². The van der Waals surface area contributed by atoms with Gasteiger partial charge in [0.2, 0.25) is 5.91 Å². The lowest BCUT2D eigenvalue weighted by Gasteiger charge is -2.07. The van der Waals surface area contributed by atoms with Crippen molar-refractivity contribution >= 4 is 22.6 Å². The maximum absolute atomic E-state index is 11.3. The summed E-state index contributed by atoms with van der Waals surface area (Å²) in [4.78, 5) is 19.1. The lowest BCUT2D eigenvalue weighted by molar-refractivity contribution is -0.114. The number of nitrogens with one attached hydrogen (secondary N) is 2. The Morgan fingerprint density at radius 1 is 1.00 bits per heavy atom. The second-order valence-corrected chi connectivity index (χ2v) is 6.45. The van der Waals surface area contributed by atoms with Crippen LogP contribution in [0.3, 0.4) is 0 Å². The van der Waals surface area contributed by atoms with Crippen LogP contribution in [0.4, 0.5) is 5.69 Å². The number of hydrogen-bond acceptors (Lipinski definition) is 2. The fraction of sp³-hybridized carbons (Fsp3) is 0.0909. The summed E-state index contributed by atoms with van der Waals surface area (Å²) in [5.74, 6) is -0.0805. The van der Waals surface area contributed by atoms with Crippen molar-refractivity contribution in [2.45, 2.75) is 13.8 Å². The van der Waals surface area contributed by atoms with E-state index in [1.807, 2.05) is 36.7 Å². The summed E-state index contributed by atoms with van der Waals surface area (Å²) >= 11 is 0. The molecule has 1 amide bonds. The fourth-order valence-electron chi connectivity index (χ4n) is 3.11. The van der Waals surface area contributed by atoms with Crippen molar-refractivity contribution in [1.82, 2.24) is 9.97 Å². The summed E-state index contributed by atoms with van der Waals surface area (Å²) in [5.41, 5.74) is 7.20. The van der Waals surface area contributed by atoms with E-state index < -0.39 is 0 Å². The molecule has 0 unspecified atom stereocenters. The molecule has 0 saturated heterocycles. The van der Waals surface area contributed by atoms with Gasteiger partial charge in [0.15, 0.2) is 0 Å². The van der Waals surface area contributed by atoms with Crippen LogP contribution in [-0.4, -0.2) is 15.9 Å². The zero-order chi connectivity index (χ0) is 18.1. The lowest BCUT2D eigenvalue weighted by Crippen LogP contribution is -2.05. The molecule has 2 aromatic carbocycles. The maximum Gasteiger partial charge on any atom is 0.221 e. The molecular formula is C22H19N3O. The molecule has 4 aromatic rings. The van der Waals surface area contributed by atoms with E-state index in [1.54, 1.807) is 0 Å². The van der Waals surface area contributed by atoms with Crippen LogP contribution in [0.25, 0.3) is 33.3 Å². The van der Waals surface area contributed by atoms with Crippen molar-refractivity contribution in [3.63, 3.8) is 0 Å². The van der Waals surface area contributed by atoms with Gasteiger partial charge < -0.3 is 10.3 Å². The Balaban J connectivity index is 1.79. The van der Waals surface area contributed by atoms with Crippen molar-refractivity contribution in [2.24, 2.45) is 0 Å². The number of carbonyl (C=O) groups excluding carboxylic acids is 1. The summed E-state index contributed by atoms with van der Waals surface area (Å²) in [5, 5.41) is 3.90. The molecule has 128 valence electrons. The number of aryl methyl sites for hydroxylation is 1. The molecule has 2 aromatic heterocycles. The first kappa shape index (κ1) is 16.1. The molecule has 0 bridgehead atoms. The Bertz CT molecular complexity index is 1090. The topological polar surface area (TPSA) is 57.8 Å². The number of aromatic amines is 1. The van der Waals surface area contributed by atoms with Crippen LogP contribution >= 0.6 is 0 Å². The minimum atomic E-state index is -0.0805. The Morgan fingerprint density at radius 2 is 1.81 bits per heavy atom. The lowest BCUT2D eigenvalue weighted by atomic mass is 10.0. The number of H-pyrrole nitrogens is 1. The molecule has 2 N–H and O–H groups in total. The van der Waals surface area contributed by atoms with Gasteiger partial charge in [0.25, 0.3) is 0 Å². The third kappa shape index (κ3) is 3.09. The quantitative estimate of drug-likeness (QED) is 0.540. The zero-order valence-corrected chi connectivity index (χ0v) is 14.7. The number of anilines is 1. The first-order valence-electron chi connectivity index (χ1n) is 8.52. The van der Waals surface area contributed by atoms with Gasteiger partial charge >= 0.3 is 0 Å². The van der Waals surface area contributed by atoms with Gasteiger partial charge in [-0.05, 0) is 36.2 Å². The van der Waals surface area contributed by atoms with Crippen molar-refractivity contribution in [1.29, 1.82) is 0 Å². The van der Waals surface area contributed by atoms with Crippen LogP contribution in [0.1, 0.15) is 12.5 Å². The van der Waals surface area contributed by atoms with Gasteiger partial charge in [-0.15, -0.1) is 0 Å². The highest BCUT2D eigenvalue weighted by molar-refractivity contribution is 5.96. The van der Waals surface area contributed by atoms with Crippen molar-refractivity contribution in [2.75, 3.05) is 5.32 Å². The standard InChI is InChI=1S/C22H19N3O/c1-14-6-8-16(9-7-14)21-13-24-22-20(21)11-18(12-23-22)17-4-3-5-19(10-17)25-15(2)26/h3-13H,1-2H3,(H,23,24)(H,25,26). The van der Waals surface area contributed by atoms with Gasteiger partial charge in [-0.2, -0.15) is 0 Å². The molecule has 0 aliphatic carbocycles. The summed E-state index contributed by atoms with van der Waals surface area (Å²) in [7, 11) is 0. The van der Waals surface area contributed by atoms with E-state index >= 15 is 0 Å². The summed E-state index contributed by atoms with van der Waals surface area (Å²) in [6, 6.07) is 18.4. The third-order valence-electron chi connectivity index (χ3n) is 4.41. The number of rotatable bonds is 3. The molecule has 26 heavy (non-hydrogen) atoms. The number of hydrogen-bond donors (Lipinski definition) is 2. The minimum absolute atomic E-state index is 0.0805. The van der Waals surface area contributed by atoms with Gasteiger partial charge in [-0.3, -0.25) is 4.79 Å². The number of pyridine rings is 1. The van der Waals surface area contributed by atoms with Gasteiger partial charge in [-0.25, -0.2) is 4.98 Å². The Kier molecular flexibility index (Phi) is 4.01. The van der Waals surface area contributed by atoms with Crippen molar-refractivity contribution < 1.29 is 4.79 Å². The van der Waals surface area contributed by atoms with E-state index in [0.717, 1.165) is 39.0 Å². The number of amides is 1. The first-order chi connectivity index (χ1) is 12.6. The second kappa shape index (κ2) is 6.48. The number of carbonyl (C=O) groups is 1. The predicted octanol–water partition coefficient (Wildman–Crippen LogP) is 5.16. The predicted molar refractivity (Wildman–Crippen MR) is 106 cm³/mol. The number of fused-ring (bicyclic) bond motifs is 1. The molecule has 4 rings (SSSR count). The van der Waals surface area contributed by atoms with Crippen molar-refractivity contribution in [3.8, 4) is 22.3 Å². The molecule has 0 aliphatic rings. The maximum atomic E-state index is 11.3. The van der Waals surface area contributed by atoms with Gasteiger partial charge in [0.05, 0.1) is 0 Å². The van der Waals surface area contributed by atoms with Crippen LogP contribution in [0.5, 0.6) is 0 Å². The average molecular weight is 341 g/mol. The normalized spacial score (nSPS) is 10.8. The van der Waals surface area contributed by atoms with E-state index in [4.69, 9.17) is 0 Å². The molecule has 4 nitrogen and oxygen atoms in total. The van der Waals surface area contributed by atoms with Gasteiger partial charge in [-0.1, -0.05) is 42.0 Å². The van der Waals surface area contributed by atoms with Crippen LogP contribution < -0.4 is 5.32 Å². The van der Waals surface area contributed by atoms with Crippen molar-refractivity contribution in [3.05, 3.63) is 72.6 Å². The smallest absolute Gasteiger partial charge is 0.221 e. The molecule has 0 radical (unpaired) electrons. The molecule has 0 saturated carbocycles. The zero-order valence-electron chi connectivity index (χ0n) is 14.7. The largest absolute Gasteiger partial charge is 0.346 e. The monoisotopic (exact) mass is 341 g/mol. The fourth-order valence-corrected chi connectivity index (χ4v) is 3.11. The molecule has 0 atom stereocenters. The van der Waals surface area contributed by atoms with Crippen LogP contribution in [-0.2, 0) is 4.79 Å². The van der Waals surface area contributed by atoms with E-state index in [0.29, 0.717) is 0 Å². The second-order valence-electron chi connectivity index (χ2n) is 6.45. The molecule has 2 heterocycles. The molecule has 0 fully saturated rings. The van der Waals surface area contributed by atoms with E-state index in [2.05, 4.69) is 52.5 Å². The summed E-state index contributed by atoms with van der Waals surface area (Å²) in [6.45, 7) is 3.59. The number of benzene rings is 2. The Morgan fingerprint density at radius 3 is 2.58 bits per heavy atom. The van der Waals surface area contributed by atoms with E-state index in [1.165, 1.54) is 12.5 Å². The molecular weight excluding hydrogens is 322 g/mol. The molecule has 0 spiro atoms. The molecule has 4 heteroatoms. The van der Waals surface area contributed by atoms with Crippen LogP contribution in [0.15, 0.2) is 67.0 Å². The average Bonchev–Trinajstić information content (AvgIpc) is 3.05. The summed E-state index contributed by atoms with van der Waals surface area (Å²) in [6.07, 6.45) is 3.85. The van der Waals surface area contributed by atoms with Crippen LogP contribution in [0.2, 0.25) is 0 Å². The van der Waals surface area contributed by atoms with Crippen LogP contribution in [0, 0.1) is 6.92 Å². The summed E-state index contributed by atoms with van der Waals surface area (Å²) < 4.78 is 0. The Hall–Kier alpha value is -3.40. The third-order valence-corrected chi connectivity index (χ3v) is 4.41. The Labute approximate surface area is 151 Å². The number of aromatic nitrogens is 2. The highest BCUT2D eigenvalue weighted by Gasteiger charge is 2.09. The highest BCUT2D eigenvalue weighted by Crippen LogP contribution is 2.31.